The summed E-state index contributed by atoms with van der Waals surface area (Å²) in [5.41, 5.74) is 0. The number of nitrogens with zero attached hydrogens (tertiary/aromatic N) is 1. The van der Waals surface area contributed by atoms with Crippen molar-refractivity contribution in [1.29, 1.82) is 0 Å². The lowest BCUT2D eigenvalue weighted by Gasteiger charge is -2.34. The molecule has 2 N–H and O–H groups in total. The summed E-state index contributed by atoms with van der Waals surface area (Å²) in [5.74, 6) is -0.912. The summed E-state index contributed by atoms with van der Waals surface area (Å²) >= 11 is 0. The molecule has 6 heteroatoms. The third-order valence-corrected chi connectivity index (χ3v) is 4.48. The lowest BCUT2D eigenvalue weighted by Crippen LogP contribution is -2.51. The Morgan fingerprint density at radius 2 is 2.05 bits per heavy atom. The van der Waals surface area contributed by atoms with Crippen LogP contribution in [0.4, 0.5) is 4.79 Å². The van der Waals surface area contributed by atoms with Gasteiger partial charge in [0, 0.05) is 13.1 Å². The zero-order valence-electron chi connectivity index (χ0n) is 12.2. The molecule has 1 aliphatic carbocycles. The van der Waals surface area contributed by atoms with Crippen LogP contribution in [0.3, 0.4) is 0 Å². The minimum Gasteiger partial charge on any atom is -0.481 e. The molecule has 0 aromatic rings. The maximum absolute atomic E-state index is 12.2. The summed E-state index contributed by atoms with van der Waals surface area (Å²) in [4.78, 5) is 25.0. The highest BCUT2D eigenvalue weighted by Crippen LogP contribution is 2.26. The fraction of sp³-hybridized carbons (Fsp3) is 0.857. The third kappa shape index (κ3) is 3.42. The van der Waals surface area contributed by atoms with Crippen LogP contribution >= 0.6 is 0 Å². The second kappa shape index (κ2) is 6.43. The molecule has 2 fully saturated rings. The van der Waals surface area contributed by atoms with Gasteiger partial charge in [-0.3, -0.25) is 4.79 Å². The minimum absolute atomic E-state index is 0.171. The van der Waals surface area contributed by atoms with Crippen molar-refractivity contribution in [1.82, 2.24) is 10.2 Å². The first-order valence-electron chi connectivity index (χ1n) is 7.33. The van der Waals surface area contributed by atoms with Crippen LogP contribution in [0.25, 0.3) is 0 Å². The Bertz CT molecular complexity index is 374. The second-order valence-corrected chi connectivity index (χ2v) is 6.07. The Hall–Kier alpha value is -1.30. The highest BCUT2D eigenvalue weighted by Gasteiger charge is 2.36. The van der Waals surface area contributed by atoms with Crippen molar-refractivity contribution in [2.45, 2.75) is 44.7 Å². The number of aliphatic carboxylic acids is 1. The van der Waals surface area contributed by atoms with E-state index in [0.717, 1.165) is 19.3 Å². The zero-order valence-corrected chi connectivity index (χ0v) is 12.2. The van der Waals surface area contributed by atoms with E-state index in [0.29, 0.717) is 5.92 Å². The van der Waals surface area contributed by atoms with E-state index >= 15 is 0 Å². The molecule has 1 aliphatic heterocycles. The molecule has 114 valence electrons. The van der Waals surface area contributed by atoms with Crippen molar-refractivity contribution in [2.75, 3.05) is 20.3 Å². The Kier molecular flexibility index (Phi) is 4.86. The van der Waals surface area contributed by atoms with Crippen molar-refractivity contribution < 1.29 is 19.4 Å². The average Bonchev–Trinajstić information content (AvgIpc) is 2.86. The van der Waals surface area contributed by atoms with Crippen molar-refractivity contribution >= 4 is 12.0 Å². The fourth-order valence-corrected chi connectivity index (χ4v) is 3.12. The van der Waals surface area contributed by atoms with Gasteiger partial charge in [0.05, 0.1) is 19.3 Å². The summed E-state index contributed by atoms with van der Waals surface area (Å²) in [6.07, 6.45) is 4.42. The maximum Gasteiger partial charge on any atom is 0.317 e. The van der Waals surface area contributed by atoms with E-state index in [2.05, 4.69) is 12.2 Å². The number of carbonyl (C=O) groups is 2. The number of hydrogen-bond acceptors (Lipinski definition) is 3. The van der Waals surface area contributed by atoms with Crippen LogP contribution in [-0.2, 0) is 9.53 Å². The van der Waals surface area contributed by atoms with Crippen LogP contribution < -0.4 is 5.32 Å². The first-order chi connectivity index (χ1) is 9.49. The molecule has 2 rings (SSSR count). The normalized spacial score (nSPS) is 33.7. The van der Waals surface area contributed by atoms with Gasteiger partial charge < -0.3 is 20.1 Å². The quantitative estimate of drug-likeness (QED) is 0.819. The molecule has 0 aromatic heterocycles. The van der Waals surface area contributed by atoms with Crippen LogP contribution in [0.2, 0.25) is 0 Å². The van der Waals surface area contributed by atoms with Crippen LogP contribution in [0.15, 0.2) is 0 Å². The van der Waals surface area contributed by atoms with Gasteiger partial charge in [-0.05, 0) is 18.8 Å². The molecule has 0 aromatic carbocycles. The first-order valence-corrected chi connectivity index (χ1v) is 7.33. The molecule has 2 aliphatic rings. The number of carbonyl (C=O) groups excluding carboxylic acids is 1. The Morgan fingerprint density at radius 1 is 1.30 bits per heavy atom. The van der Waals surface area contributed by atoms with E-state index in [1.165, 1.54) is 6.42 Å². The first kappa shape index (κ1) is 15.1. The van der Waals surface area contributed by atoms with Gasteiger partial charge in [-0.2, -0.15) is 0 Å². The lowest BCUT2D eigenvalue weighted by molar-refractivity contribution is -0.142. The number of nitrogens with one attached hydrogen (secondary N) is 1. The average molecular weight is 284 g/mol. The van der Waals surface area contributed by atoms with Gasteiger partial charge in [-0.15, -0.1) is 0 Å². The Labute approximate surface area is 119 Å². The van der Waals surface area contributed by atoms with Crippen molar-refractivity contribution in [2.24, 2.45) is 11.8 Å². The molecule has 0 radical (unpaired) electrons. The number of carboxylic acid groups (broad SMARTS) is 1. The van der Waals surface area contributed by atoms with Crippen LogP contribution in [-0.4, -0.2) is 54.4 Å². The van der Waals surface area contributed by atoms with Gasteiger partial charge >= 0.3 is 12.0 Å². The minimum atomic E-state index is -0.915. The van der Waals surface area contributed by atoms with Crippen molar-refractivity contribution in [3.05, 3.63) is 0 Å². The highest BCUT2D eigenvalue weighted by molar-refractivity contribution is 5.77. The van der Waals surface area contributed by atoms with Crippen LogP contribution in [0.5, 0.6) is 0 Å². The molecular weight excluding hydrogens is 260 g/mol. The molecule has 4 unspecified atom stereocenters. The molecule has 0 spiro atoms. The smallest absolute Gasteiger partial charge is 0.317 e. The lowest BCUT2D eigenvalue weighted by atomic mass is 9.86. The molecule has 1 heterocycles. The van der Waals surface area contributed by atoms with Crippen LogP contribution in [0.1, 0.15) is 32.6 Å². The Morgan fingerprint density at radius 3 is 2.70 bits per heavy atom. The molecule has 2 amide bonds. The summed E-state index contributed by atoms with van der Waals surface area (Å²) in [6.45, 7) is 2.66. The number of rotatable bonds is 3. The van der Waals surface area contributed by atoms with Gasteiger partial charge in [-0.25, -0.2) is 4.79 Å². The monoisotopic (exact) mass is 284 g/mol. The SMILES string of the molecule is CC1CCCC(N(C)C(=O)NC2COCC2C(=O)O)C1. The van der Waals surface area contributed by atoms with Gasteiger partial charge in [0.25, 0.3) is 0 Å². The van der Waals surface area contributed by atoms with Crippen molar-refractivity contribution in [3.63, 3.8) is 0 Å². The third-order valence-electron chi connectivity index (χ3n) is 4.48. The zero-order chi connectivity index (χ0) is 14.7. The van der Waals surface area contributed by atoms with Gasteiger partial charge in [0.1, 0.15) is 5.92 Å². The molecule has 4 atom stereocenters. The van der Waals surface area contributed by atoms with E-state index in [-0.39, 0.29) is 25.3 Å². The molecule has 6 nitrogen and oxygen atoms in total. The maximum atomic E-state index is 12.2. The van der Waals surface area contributed by atoms with E-state index in [1.54, 1.807) is 11.9 Å². The van der Waals surface area contributed by atoms with E-state index in [1.807, 2.05) is 0 Å². The molecule has 20 heavy (non-hydrogen) atoms. The van der Waals surface area contributed by atoms with Crippen LogP contribution in [0, 0.1) is 11.8 Å². The predicted molar refractivity (Wildman–Crippen MR) is 73.4 cm³/mol. The van der Waals surface area contributed by atoms with E-state index in [9.17, 15) is 9.59 Å². The molecule has 1 saturated heterocycles. The number of carboxylic acids is 1. The number of urea groups is 1. The number of amides is 2. The molecule has 0 bridgehead atoms. The Balaban J connectivity index is 1.89. The van der Waals surface area contributed by atoms with Gasteiger partial charge in [0.2, 0.25) is 0 Å². The number of ether oxygens (including phenoxy) is 1. The van der Waals surface area contributed by atoms with Gasteiger partial charge in [-0.1, -0.05) is 19.8 Å². The van der Waals surface area contributed by atoms with E-state index < -0.39 is 17.9 Å². The summed E-state index contributed by atoms with van der Waals surface area (Å²) in [6, 6.07) is -0.362. The summed E-state index contributed by atoms with van der Waals surface area (Å²) < 4.78 is 5.16. The largest absolute Gasteiger partial charge is 0.481 e. The highest BCUT2D eigenvalue weighted by atomic mass is 16.5. The van der Waals surface area contributed by atoms with Crippen molar-refractivity contribution in [3.8, 4) is 0 Å². The second-order valence-electron chi connectivity index (χ2n) is 6.07. The molecule has 1 saturated carbocycles. The predicted octanol–water partition coefficient (Wildman–Crippen LogP) is 1.31. The van der Waals surface area contributed by atoms with Gasteiger partial charge in [0.15, 0.2) is 0 Å². The number of hydrogen-bond donors (Lipinski definition) is 2. The fourth-order valence-electron chi connectivity index (χ4n) is 3.12. The van der Waals surface area contributed by atoms with E-state index in [4.69, 9.17) is 9.84 Å². The standard InChI is InChI=1S/C14H24N2O4/c1-9-4-3-5-10(6-9)16(2)14(19)15-12-8-20-7-11(12)13(17)18/h9-12H,3-8H2,1-2H3,(H,15,19)(H,17,18). The summed E-state index contributed by atoms with van der Waals surface area (Å²) in [5, 5.41) is 11.9. The molecular formula is C14H24N2O4. The summed E-state index contributed by atoms with van der Waals surface area (Å²) in [7, 11) is 1.80. The topological polar surface area (TPSA) is 78.9 Å².